The first-order chi connectivity index (χ1) is 18.1. The number of rotatable bonds is 7. The number of nitrogens with one attached hydrogen (secondary N) is 1. The van der Waals surface area contributed by atoms with Crippen LogP contribution in [0.15, 0.2) is 67.0 Å². The number of ether oxygens (including phenoxy) is 2. The van der Waals surface area contributed by atoms with Gasteiger partial charge in [-0.2, -0.15) is 0 Å². The van der Waals surface area contributed by atoms with Gasteiger partial charge in [-0.25, -0.2) is 9.97 Å². The van der Waals surface area contributed by atoms with Gasteiger partial charge in [-0.15, -0.1) is 0 Å². The molecule has 0 bridgehead atoms. The lowest BCUT2D eigenvalue weighted by Crippen LogP contribution is -2.50. The Hall–Kier alpha value is -3.37. The molecule has 3 aromatic rings. The van der Waals surface area contributed by atoms with E-state index in [2.05, 4.69) is 25.1 Å². The average molecular weight is 504 g/mol. The quantitative estimate of drug-likeness (QED) is 0.507. The van der Waals surface area contributed by atoms with Crippen LogP contribution in [0, 0.1) is 0 Å². The number of carbonyl (C=O) groups excluding carboxylic acids is 1. The number of aliphatic hydroxyl groups excluding tert-OH is 1. The molecule has 2 aromatic carbocycles. The Balaban J connectivity index is 1.30. The van der Waals surface area contributed by atoms with E-state index in [0.29, 0.717) is 5.69 Å². The van der Waals surface area contributed by atoms with Crippen molar-refractivity contribution in [2.75, 3.05) is 42.9 Å². The molecule has 194 valence electrons. The number of nitrogens with zero attached hydrogens (tertiary/aromatic N) is 4. The summed E-state index contributed by atoms with van der Waals surface area (Å²) in [6.07, 6.45) is 3.53. The largest absolute Gasteiger partial charge is 0.392 e. The van der Waals surface area contributed by atoms with E-state index in [1.165, 1.54) is 6.92 Å². The van der Waals surface area contributed by atoms with Gasteiger partial charge in [-0.3, -0.25) is 9.69 Å². The third kappa shape index (κ3) is 6.50. The third-order valence-electron chi connectivity index (χ3n) is 6.76. The zero-order valence-electron chi connectivity index (χ0n) is 21.0. The maximum atomic E-state index is 11.6. The van der Waals surface area contributed by atoms with Crippen LogP contribution in [0.3, 0.4) is 0 Å². The van der Waals surface area contributed by atoms with Gasteiger partial charge in [-0.05, 0) is 29.3 Å². The van der Waals surface area contributed by atoms with Crippen molar-refractivity contribution in [2.24, 2.45) is 0 Å². The summed E-state index contributed by atoms with van der Waals surface area (Å²) in [5.74, 6) is 0.650. The first kappa shape index (κ1) is 25.3. The van der Waals surface area contributed by atoms with Crippen LogP contribution in [0.2, 0.25) is 0 Å². The molecule has 2 saturated heterocycles. The topological polar surface area (TPSA) is 100 Å². The van der Waals surface area contributed by atoms with Crippen molar-refractivity contribution < 1.29 is 19.4 Å². The minimum Gasteiger partial charge on any atom is -0.392 e. The Bertz CT molecular complexity index is 1170. The number of carbonyl (C=O) groups is 1. The molecule has 2 aliphatic heterocycles. The predicted molar refractivity (Wildman–Crippen MR) is 140 cm³/mol. The summed E-state index contributed by atoms with van der Waals surface area (Å²) < 4.78 is 12.9. The van der Waals surface area contributed by atoms with Crippen molar-refractivity contribution in [3.8, 4) is 0 Å². The molecule has 0 unspecified atom stereocenters. The molecular weight excluding hydrogens is 470 g/mol. The Morgan fingerprint density at radius 1 is 1.00 bits per heavy atom. The summed E-state index contributed by atoms with van der Waals surface area (Å²) in [6, 6.07) is 17.3. The minimum atomic E-state index is -0.561. The van der Waals surface area contributed by atoms with E-state index in [1.807, 2.05) is 54.6 Å². The molecule has 2 fully saturated rings. The second-order valence-corrected chi connectivity index (χ2v) is 9.49. The van der Waals surface area contributed by atoms with Gasteiger partial charge in [0, 0.05) is 69.7 Å². The van der Waals surface area contributed by atoms with E-state index in [4.69, 9.17) is 9.47 Å². The second-order valence-electron chi connectivity index (χ2n) is 9.49. The fraction of sp³-hybridized carbons (Fsp3) is 0.393. The van der Waals surface area contributed by atoms with Crippen LogP contribution in [0.5, 0.6) is 0 Å². The standard InChI is InChI=1S/C28H33N5O4/c1-20(35)31-24-5-2-4-23(16-24)27-36-25(17-26(37-27)22-8-6-21(19-34)7-9-22)18-32-12-14-33(15-13-32)28-29-10-3-11-30-28/h2-11,16,25-27,34H,12-15,17-19H2,1H3,(H,31,35)/t25-,26+,27+/m1/s1. The van der Waals surface area contributed by atoms with Crippen LogP contribution in [0.4, 0.5) is 11.6 Å². The number of benzene rings is 2. The Labute approximate surface area is 217 Å². The van der Waals surface area contributed by atoms with Crippen LogP contribution in [-0.4, -0.2) is 64.7 Å². The third-order valence-corrected chi connectivity index (χ3v) is 6.76. The van der Waals surface area contributed by atoms with Crippen molar-refractivity contribution in [2.45, 2.75) is 38.4 Å². The maximum Gasteiger partial charge on any atom is 0.225 e. The minimum absolute atomic E-state index is 0.0100. The van der Waals surface area contributed by atoms with Crippen LogP contribution in [-0.2, 0) is 20.9 Å². The molecule has 0 radical (unpaired) electrons. The van der Waals surface area contributed by atoms with Crippen LogP contribution >= 0.6 is 0 Å². The summed E-state index contributed by atoms with van der Waals surface area (Å²) in [7, 11) is 0. The molecule has 5 rings (SSSR count). The Morgan fingerprint density at radius 2 is 1.76 bits per heavy atom. The zero-order valence-corrected chi connectivity index (χ0v) is 21.0. The number of hydrogen-bond acceptors (Lipinski definition) is 8. The lowest BCUT2D eigenvalue weighted by Gasteiger charge is -2.40. The Morgan fingerprint density at radius 3 is 2.46 bits per heavy atom. The van der Waals surface area contributed by atoms with Crippen molar-refractivity contribution in [3.63, 3.8) is 0 Å². The summed E-state index contributed by atoms with van der Waals surface area (Å²) in [5, 5.41) is 12.3. The van der Waals surface area contributed by atoms with Crippen molar-refractivity contribution in [3.05, 3.63) is 83.7 Å². The van der Waals surface area contributed by atoms with E-state index in [9.17, 15) is 9.90 Å². The molecule has 1 aromatic heterocycles. The number of aromatic nitrogens is 2. The van der Waals surface area contributed by atoms with Crippen LogP contribution in [0.25, 0.3) is 0 Å². The molecular formula is C28H33N5O4. The number of amides is 1. The van der Waals surface area contributed by atoms with Gasteiger partial charge in [0.2, 0.25) is 11.9 Å². The maximum absolute atomic E-state index is 11.6. The van der Waals surface area contributed by atoms with Gasteiger partial charge in [0.25, 0.3) is 0 Å². The molecule has 3 atom stereocenters. The molecule has 37 heavy (non-hydrogen) atoms. The number of hydrogen-bond donors (Lipinski definition) is 2. The van der Waals surface area contributed by atoms with Crippen molar-refractivity contribution >= 4 is 17.5 Å². The van der Waals surface area contributed by atoms with E-state index in [0.717, 1.165) is 61.8 Å². The average Bonchev–Trinajstić information content (AvgIpc) is 2.94. The van der Waals surface area contributed by atoms with Gasteiger partial charge in [0.15, 0.2) is 6.29 Å². The van der Waals surface area contributed by atoms with Crippen molar-refractivity contribution in [1.82, 2.24) is 14.9 Å². The first-order valence-corrected chi connectivity index (χ1v) is 12.7. The number of piperazine rings is 1. The van der Waals surface area contributed by atoms with Gasteiger partial charge in [0.1, 0.15) is 0 Å². The normalized spacial score (nSPS) is 22.5. The summed E-state index contributed by atoms with van der Waals surface area (Å²) >= 11 is 0. The lowest BCUT2D eigenvalue weighted by atomic mass is 9.99. The van der Waals surface area contributed by atoms with Crippen molar-refractivity contribution in [1.29, 1.82) is 0 Å². The van der Waals surface area contributed by atoms with Crippen LogP contribution < -0.4 is 10.2 Å². The van der Waals surface area contributed by atoms with E-state index >= 15 is 0 Å². The molecule has 0 spiro atoms. The summed E-state index contributed by atoms with van der Waals surface area (Å²) in [6.45, 7) is 5.82. The second kappa shape index (κ2) is 11.8. The van der Waals surface area contributed by atoms with Crippen LogP contribution in [0.1, 0.15) is 42.4 Å². The molecule has 0 saturated carbocycles. The highest BCUT2D eigenvalue weighted by atomic mass is 16.7. The van der Waals surface area contributed by atoms with Gasteiger partial charge in [-0.1, -0.05) is 36.4 Å². The molecule has 3 heterocycles. The fourth-order valence-electron chi connectivity index (χ4n) is 4.87. The fourth-order valence-corrected chi connectivity index (χ4v) is 4.87. The zero-order chi connectivity index (χ0) is 25.6. The molecule has 2 N–H and O–H groups in total. The number of anilines is 2. The highest BCUT2D eigenvalue weighted by molar-refractivity contribution is 5.88. The predicted octanol–water partition coefficient (Wildman–Crippen LogP) is 3.29. The smallest absolute Gasteiger partial charge is 0.225 e. The van der Waals surface area contributed by atoms with Gasteiger partial charge >= 0.3 is 0 Å². The molecule has 2 aliphatic rings. The molecule has 1 amide bonds. The molecule has 9 nitrogen and oxygen atoms in total. The lowest BCUT2D eigenvalue weighted by molar-refractivity contribution is -0.253. The SMILES string of the molecule is CC(=O)Nc1cccc([C@H]2O[C@@H](CN3CCN(c4ncccn4)CC3)C[C@@H](c3ccc(CO)cc3)O2)c1. The summed E-state index contributed by atoms with van der Waals surface area (Å²) in [4.78, 5) is 25.0. The molecule has 9 heteroatoms. The van der Waals surface area contributed by atoms with E-state index < -0.39 is 6.29 Å². The highest BCUT2D eigenvalue weighted by Crippen LogP contribution is 2.38. The summed E-state index contributed by atoms with van der Waals surface area (Å²) in [5.41, 5.74) is 3.49. The highest BCUT2D eigenvalue weighted by Gasteiger charge is 2.34. The monoisotopic (exact) mass is 503 g/mol. The number of aliphatic hydroxyl groups is 1. The van der Waals surface area contributed by atoms with Gasteiger partial charge in [0.05, 0.1) is 18.8 Å². The Kier molecular flexibility index (Phi) is 8.05. The van der Waals surface area contributed by atoms with E-state index in [1.54, 1.807) is 12.4 Å². The first-order valence-electron chi connectivity index (χ1n) is 12.7. The van der Waals surface area contributed by atoms with Gasteiger partial charge < -0.3 is 24.8 Å². The molecule has 0 aliphatic carbocycles. The van der Waals surface area contributed by atoms with E-state index in [-0.39, 0.29) is 24.7 Å².